The Morgan fingerprint density at radius 2 is 2.00 bits per heavy atom. The minimum atomic E-state index is -0.390. The molecule has 0 spiro atoms. The van der Waals surface area contributed by atoms with Crippen LogP contribution in [0.4, 0.5) is 15.8 Å². The highest BCUT2D eigenvalue weighted by Crippen LogP contribution is 2.32. The summed E-state index contributed by atoms with van der Waals surface area (Å²) in [6.45, 7) is 4.45. The van der Waals surface area contributed by atoms with Crippen molar-refractivity contribution in [3.63, 3.8) is 0 Å². The maximum Gasteiger partial charge on any atom is 0.148 e. The highest BCUT2D eigenvalue weighted by atomic mass is 19.1. The van der Waals surface area contributed by atoms with Crippen LogP contribution in [0.3, 0.4) is 0 Å². The third kappa shape index (κ3) is 3.50. The van der Waals surface area contributed by atoms with E-state index in [0.29, 0.717) is 18.0 Å². The smallest absolute Gasteiger partial charge is 0.148 e. The van der Waals surface area contributed by atoms with Crippen LogP contribution in [-0.2, 0) is 0 Å². The molecule has 0 bridgehead atoms. The standard InChI is InChI=1S/C14H23FN2O2/c1-4-10(5-2)17(6-7-18)13-9-14(19-3)12(16)8-11(13)15/h8-10,18H,4-7,16H2,1-3H3. The molecule has 0 atom stereocenters. The summed E-state index contributed by atoms with van der Waals surface area (Å²) in [6, 6.07) is 3.04. The largest absolute Gasteiger partial charge is 0.495 e. The van der Waals surface area contributed by atoms with Gasteiger partial charge in [-0.2, -0.15) is 0 Å². The minimum absolute atomic E-state index is 0.0252. The van der Waals surface area contributed by atoms with Gasteiger partial charge in [0.25, 0.3) is 0 Å². The Balaban J connectivity index is 3.21. The van der Waals surface area contributed by atoms with Crippen molar-refractivity contribution in [2.24, 2.45) is 0 Å². The summed E-state index contributed by atoms with van der Waals surface area (Å²) in [5.41, 5.74) is 6.38. The zero-order valence-corrected chi connectivity index (χ0v) is 11.8. The Labute approximate surface area is 114 Å². The molecule has 0 aliphatic carbocycles. The molecule has 1 aromatic rings. The SMILES string of the molecule is CCC(CC)N(CCO)c1cc(OC)c(N)cc1F. The van der Waals surface area contributed by atoms with Crippen molar-refractivity contribution in [3.05, 3.63) is 17.9 Å². The zero-order chi connectivity index (χ0) is 14.4. The summed E-state index contributed by atoms with van der Waals surface area (Å²) in [5, 5.41) is 9.19. The lowest BCUT2D eigenvalue weighted by Crippen LogP contribution is -2.37. The molecule has 0 radical (unpaired) electrons. The molecule has 0 aromatic heterocycles. The van der Waals surface area contributed by atoms with Gasteiger partial charge in [0.2, 0.25) is 0 Å². The van der Waals surface area contributed by atoms with Crippen molar-refractivity contribution in [3.8, 4) is 5.75 Å². The van der Waals surface area contributed by atoms with Crippen LogP contribution in [0.1, 0.15) is 26.7 Å². The number of anilines is 2. The van der Waals surface area contributed by atoms with Crippen LogP contribution in [-0.4, -0.2) is 31.4 Å². The van der Waals surface area contributed by atoms with Gasteiger partial charge >= 0.3 is 0 Å². The van der Waals surface area contributed by atoms with Gasteiger partial charge in [-0.25, -0.2) is 4.39 Å². The average Bonchev–Trinajstić information content (AvgIpc) is 2.39. The fourth-order valence-corrected chi connectivity index (χ4v) is 2.29. The number of ether oxygens (including phenoxy) is 1. The molecule has 4 nitrogen and oxygen atoms in total. The number of nitrogens with two attached hydrogens (primary N) is 1. The lowest BCUT2D eigenvalue weighted by atomic mass is 10.1. The fraction of sp³-hybridized carbons (Fsp3) is 0.571. The van der Waals surface area contributed by atoms with Gasteiger partial charge in [0.05, 0.1) is 25.1 Å². The quantitative estimate of drug-likeness (QED) is 0.747. The van der Waals surface area contributed by atoms with E-state index in [1.54, 1.807) is 6.07 Å². The second-order valence-electron chi connectivity index (χ2n) is 4.43. The normalized spacial score (nSPS) is 10.8. The second kappa shape index (κ2) is 7.19. The van der Waals surface area contributed by atoms with Crippen LogP contribution < -0.4 is 15.4 Å². The van der Waals surface area contributed by atoms with Crippen LogP contribution in [0, 0.1) is 5.82 Å². The van der Waals surface area contributed by atoms with Gasteiger partial charge < -0.3 is 20.5 Å². The Morgan fingerprint density at radius 3 is 2.47 bits per heavy atom. The number of methoxy groups -OCH3 is 1. The fourth-order valence-electron chi connectivity index (χ4n) is 2.29. The van der Waals surface area contributed by atoms with Gasteiger partial charge in [0.15, 0.2) is 0 Å². The summed E-state index contributed by atoms with van der Waals surface area (Å²) in [5.74, 6) is 0.0592. The van der Waals surface area contributed by atoms with Gasteiger partial charge in [-0.1, -0.05) is 13.8 Å². The first kappa shape index (κ1) is 15.6. The van der Waals surface area contributed by atoms with Gasteiger partial charge in [0, 0.05) is 24.7 Å². The van der Waals surface area contributed by atoms with E-state index in [1.807, 2.05) is 18.7 Å². The average molecular weight is 270 g/mol. The topological polar surface area (TPSA) is 58.7 Å². The molecular weight excluding hydrogens is 247 g/mol. The van der Waals surface area contributed by atoms with Gasteiger partial charge in [0.1, 0.15) is 11.6 Å². The highest BCUT2D eigenvalue weighted by molar-refractivity contribution is 5.63. The second-order valence-corrected chi connectivity index (χ2v) is 4.43. The van der Waals surface area contributed by atoms with Crippen molar-refractivity contribution < 1.29 is 14.2 Å². The molecule has 0 amide bonds. The third-order valence-corrected chi connectivity index (χ3v) is 3.33. The first-order chi connectivity index (χ1) is 9.08. The predicted octanol–water partition coefficient (Wildman–Crippen LogP) is 2.40. The number of nitrogen functional groups attached to an aromatic ring is 1. The van der Waals surface area contributed by atoms with E-state index in [0.717, 1.165) is 12.8 Å². The van der Waals surface area contributed by atoms with E-state index in [2.05, 4.69) is 0 Å². The Kier molecular flexibility index (Phi) is 5.89. The van der Waals surface area contributed by atoms with Crippen LogP contribution in [0.2, 0.25) is 0 Å². The monoisotopic (exact) mass is 270 g/mol. The molecule has 0 unspecified atom stereocenters. The zero-order valence-electron chi connectivity index (χ0n) is 11.8. The van der Waals surface area contributed by atoms with E-state index < -0.39 is 5.82 Å². The lowest BCUT2D eigenvalue weighted by molar-refractivity contribution is 0.295. The molecule has 108 valence electrons. The first-order valence-electron chi connectivity index (χ1n) is 6.59. The highest BCUT2D eigenvalue weighted by Gasteiger charge is 2.20. The number of aliphatic hydroxyl groups excluding tert-OH is 1. The summed E-state index contributed by atoms with van der Waals surface area (Å²) < 4.78 is 19.2. The molecule has 5 heteroatoms. The minimum Gasteiger partial charge on any atom is -0.495 e. The van der Waals surface area contributed by atoms with Gasteiger partial charge in [-0.05, 0) is 12.8 Å². The summed E-state index contributed by atoms with van der Waals surface area (Å²) in [7, 11) is 1.50. The molecule has 0 saturated heterocycles. The van der Waals surface area contributed by atoms with Gasteiger partial charge in [-0.3, -0.25) is 0 Å². The van der Waals surface area contributed by atoms with Gasteiger partial charge in [-0.15, -0.1) is 0 Å². The predicted molar refractivity (Wildman–Crippen MR) is 76.2 cm³/mol. The molecule has 0 aliphatic rings. The summed E-state index contributed by atoms with van der Waals surface area (Å²) in [4.78, 5) is 1.87. The Morgan fingerprint density at radius 1 is 1.37 bits per heavy atom. The molecular formula is C14H23FN2O2. The number of rotatable bonds is 7. The summed E-state index contributed by atoms with van der Waals surface area (Å²) >= 11 is 0. The summed E-state index contributed by atoms with van der Waals surface area (Å²) in [6.07, 6.45) is 1.76. The number of aliphatic hydroxyl groups is 1. The lowest BCUT2D eigenvalue weighted by Gasteiger charge is -2.32. The van der Waals surface area contributed by atoms with E-state index >= 15 is 0 Å². The van der Waals surface area contributed by atoms with E-state index in [4.69, 9.17) is 10.5 Å². The molecule has 0 heterocycles. The van der Waals surface area contributed by atoms with Crippen LogP contribution in [0.5, 0.6) is 5.75 Å². The molecule has 0 aliphatic heterocycles. The van der Waals surface area contributed by atoms with Crippen LogP contribution in [0.25, 0.3) is 0 Å². The van der Waals surface area contributed by atoms with Crippen LogP contribution >= 0.6 is 0 Å². The third-order valence-electron chi connectivity index (χ3n) is 3.33. The van der Waals surface area contributed by atoms with Crippen molar-refractivity contribution in [2.75, 3.05) is 30.9 Å². The number of benzene rings is 1. The number of hydrogen-bond acceptors (Lipinski definition) is 4. The first-order valence-corrected chi connectivity index (χ1v) is 6.59. The molecule has 1 rings (SSSR count). The Bertz CT molecular complexity index is 409. The molecule has 0 saturated carbocycles. The van der Waals surface area contributed by atoms with Crippen molar-refractivity contribution in [2.45, 2.75) is 32.7 Å². The molecule has 0 fully saturated rings. The Hall–Kier alpha value is -1.49. The van der Waals surface area contributed by atoms with Crippen molar-refractivity contribution in [1.29, 1.82) is 0 Å². The van der Waals surface area contributed by atoms with Crippen molar-refractivity contribution >= 4 is 11.4 Å². The molecule has 3 N–H and O–H groups in total. The van der Waals surface area contributed by atoms with E-state index in [-0.39, 0.29) is 18.3 Å². The van der Waals surface area contributed by atoms with E-state index in [1.165, 1.54) is 13.2 Å². The molecule has 1 aromatic carbocycles. The molecule has 19 heavy (non-hydrogen) atoms. The maximum absolute atomic E-state index is 14.1. The maximum atomic E-state index is 14.1. The van der Waals surface area contributed by atoms with E-state index in [9.17, 15) is 9.50 Å². The number of nitrogens with zero attached hydrogens (tertiary/aromatic N) is 1. The van der Waals surface area contributed by atoms with Crippen LogP contribution in [0.15, 0.2) is 12.1 Å². The number of hydrogen-bond donors (Lipinski definition) is 2. The number of halogens is 1. The van der Waals surface area contributed by atoms with Crippen molar-refractivity contribution in [1.82, 2.24) is 0 Å².